The van der Waals surface area contributed by atoms with Crippen molar-refractivity contribution in [2.75, 3.05) is 33.2 Å². The third-order valence-electron chi connectivity index (χ3n) is 4.61. The van der Waals surface area contributed by atoms with Gasteiger partial charge in [0.25, 0.3) is 5.91 Å². The number of amides is 2. The minimum atomic E-state index is -0.339. The molecule has 1 heterocycles. The first-order valence-corrected chi connectivity index (χ1v) is 8.99. The SMILES string of the molecule is CN1CCN(C(=O)CNC(=O)c2ccccc2Cl)[C@H](c2ccccc2)C1. The molecule has 0 unspecified atom stereocenters. The Morgan fingerprint density at radius 3 is 2.50 bits per heavy atom. The Hall–Kier alpha value is -2.37. The van der Waals surface area contributed by atoms with Crippen LogP contribution in [0, 0.1) is 0 Å². The van der Waals surface area contributed by atoms with Gasteiger partial charge in [0.05, 0.1) is 23.2 Å². The number of benzene rings is 2. The van der Waals surface area contributed by atoms with E-state index in [4.69, 9.17) is 11.6 Å². The van der Waals surface area contributed by atoms with E-state index in [1.165, 1.54) is 0 Å². The van der Waals surface area contributed by atoms with Crippen LogP contribution >= 0.6 is 11.6 Å². The number of nitrogens with zero attached hydrogens (tertiary/aromatic N) is 2. The number of rotatable bonds is 4. The number of halogens is 1. The fourth-order valence-corrected chi connectivity index (χ4v) is 3.40. The normalized spacial score (nSPS) is 17.8. The van der Waals surface area contributed by atoms with Crippen LogP contribution in [0.3, 0.4) is 0 Å². The summed E-state index contributed by atoms with van der Waals surface area (Å²) in [4.78, 5) is 29.1. The predicted molar refractivity (Wildman–Crippen MR) is 102 cm³/mol. The second-order valence-electron chi connectivity index (χ2n) is 6.44. The van der Waals surface area contributed by atoms with Crippen LogP contribution in [0.2, 0.25) is 5.02 Å². The maximum Gasteiger partial charge on any atom is 0.253 e. The summed E-state index contributed by atoms with van der Waals surface area (Å²) in [6.07, 6.45) is 0. The molecular formula is C20H22ClN3O2. The molecule has 2 aromatic rings. The largest absolute Gasteiger partial charge is 0.343 e. The molecule has 2 aromatic carbocycles. The fraction of sp³-hybridized carbons (Fsp3) is 0.300. The van der Waals surface area contributed by atoms with Crippen molar-refractivity contribution in [2.24, 2.45) is 0 Å². The molecule has 1 N–H and O–H groups in total. The third-order valence-corrected chi connectivity index (χ3v) is 4.94. The molecule has 0 aromatic heterocycles. The van der Waals surface area contributed by atoms with E-state index < -0.39 is 0 Å². The smallest absolute Gasteiger partial charge is 0.253 e. The number of carbonyl (C=O) groups is 2. The number of piperazine rings is 1. The summed E-state index contributed by atoms with van der Waals surface area (Å²) in [6.45, 7) is 2.18. The summed E-state index contributed by atoms with van der Waals surface area (Å²) in [7, 11) is 2.05. The Balaban J connectivity index is 1.67. The van der Waals surface area contributed by atoms with Crippen molar-refractivity contribution in [3.8, 4) is 0 Å². The molecule has 5 nitrogen and oxygen atoms in total. The molecule has 136 valence electrons. The van der Waals surface area contributed by atoms with Crippen LogP contribution in [0.25, 0.3) is 0 Å². The Morgan fingerprint density at radius 1 is 1.08 bits per heavy atom. The molecule has 0 radical (unpaired) electrons. The second-order valence-corrected chi connectivity index (χ2v) is 6.85. The van der Waals surface area contributed by atoms with Gasteiger partial charge >= 0.3 is 0 Å². The van der Waals surface area contributed by atoms with Gasteiger partial charge in [0, 0.05) is 19.6 Å². The van der Waals surface area contributed by atoms with Gasteiger partial charge in [-0.3, -0.25) is 9.59 Å². The van der Waals surface area contributed by atoms with Gasteiger partial charge in [-0.2, -0.15) is 0 Å². The maximum absolute atomic E-state index is 12.8. The van der Waals surface area contributed by atoms with E-state index in [0.29, 0.717) is 17.1 Å². The van der Waals surface area contributed by atoms with E-state index in [9.17, 15) is 9.59 Å². The van der Waals surface area contributed by atoms with Gasteiger partial charge in [0.15, 0.2) is 0 Å². The van der Waals surface area contributed by atoms with Gasteiger partial charge in [-0.05, 0) is 24.7 Å². The molecule has 0 saturated carbocycles. The lowest BCUT2D eigenvalue weighted by atomic mass is 10.0. The lowest BCUT2D eigenvalue weighted by molar-refractivity contribution is -0.135. The quantitative estimate of drug-likeness (QED) is 0.898. The summed E-state index contributed by atoms with van der Waals surface area (Å²) in [5, 5.41) is 3.07. The molecule has 0 spiro atoms. The number of hydrogen-bond donors (Lipinski definition) is 1. The lowest BCUT2D eigenvalue weighted by Crippen LogP contribution is -2.51. The van der Waals surface area contributed by atoms with E-state index in [1.54, 1.807) is 24.3 Å². The summed E-state index contributed by atoms with van der Waals surface area (Å²) < 4.78 is 0. The van der Waals surface area contributed by atoms with Gasteiger partial charge in [-0.25, -0.2) is 0 Å². The molecule has 1 aliphatic heterocycles. The van der Waals surface area contributed by atoms with Crippen molar-refractivity contribution in [3.05, 3.63) is 70.7 Å². The molecule has 0 bridgehead atoms. The van der Waals surface area contributed by atoms with Gasteiger partial charge in [0.1, 0.15) is 0 Å². The van der Waals surface area contributed by atoms with Gasteiger partial charge < -0.3 is 15.1 Å². The highest BCUT2D eigenvalue weighted by Gasteiger charge is 2.30. The average Bonchev–Trinajstić information content (AvgIpc) is 2.67. The highest BCUT2D eigenvalue weighted by atomic mass is 35.5. The van der Waals surface area contributed by atoms with Crippen LogP contribution in [0.5, 0.6) is 0 Å². The highest BCUT2D eigenvalue weighted by Crippen LogP contribution is 2.24. The van der Waals surface area contributed by atoms with Crippen LogP contribution in [-0.4, -0.2) is 54.8 Å². The summed E-state index contributed by atoms with van der Waals surface area (Å²) in [5.74, 6) is -0.429. The summed E-state index contributed by atoms with van der Waals surface area (Å²) in [6, 6.07) is 16.8. The van der Waals surface area contributed by atoms with Crippen molar-refractivity contribution in [1.82, 2.24) is 15.1 Å². The predicted octanol–water partition coefficient (Wildman–Crippen LogP) is 2.59. The monoisotopic (exact) mass is 371 g/mol. The first-order chi connectivity index (χ1) is 12.6. The van der Waals surface area contributed by atoms with Crippen molar-refractivity contribution in [3.63, 3.8) is 0 Å². The molecule has 1 atom stereocenters. The minimum Gasteiger partial charge on any atom is -0.343 e. The Morgan fingerprint density at radius 2 is 1.77 bits per heavy atom. The zero-order valence-electron chi connectivity index (χ0n) is 14.7. The molecule has 0 aliphatic carbocycles. The topological polar surface area (TPSA) is 52.6 Å². The Labute approximate surface area is 158 Å². The third kappa shape index (κ3) is 4.23. The second kappa shape index (κ2) is 8.34. The minimum absolute atomic E-state index is 0.0142. The van der Waals surface area contributed by atoms with Crippen molar-refractivity contribution < 1.29 is 9.59 Å². The summed E-state index contributed by atoms with van der Waals surface area (Å²) in [5.41, 5.74) is 1.48. The number of likely N-dealkylation sites (N-methyl/N-ethyl adjacent to an activating group) is 1. The standard InChI is InChI=1S/C20H22ClN3O2/c1-23-11-12-24(18(14-23)15-7-3-2-4-8-15)19(25)13-22-20(26)16-9-5-6-10-17(16)21/h2-10,18H,11-14H2,1H3,(H,22,26)/t18-/m0/s1. The van der Waals surface area contributed by atoms with Crippen LogP contribution < -0.4 is 5.32 Å². The number of carbonyl (C=O) groups excluding carboxylic acids is 2. The van der Waals surface area contributed by atoms with E-state index in [1.807, 2.05) is 35.2 Å². The number of nitrogens with one attached hydrogen (secondary N) is 1. The molecule has 26 heavy (non-hydrogen) atoms. The fourth-order valence-electron chi connectivity index (χ4n) is 3.18. The lowest BCUT2D eigenvalue weighted by Gasteiger charge is -2.40. The van der Waals surface area contributed by atoms with Crippen molar-refractivity contribution in [2.45, 2.75) is 6.04 Å². The molecular weight excluding hydrogens is 350 g/mol. The first kappa shape index (κ1) is 18.4. The van der Waals surface area contributed by atoms with E-state index >= 15 is 0 Å². The molecule has 3 rings (SSSR count). The van der Waals surface area contributed by atoms with Crippen LogP contribution in [-0.2, 0) is 4.79 Å². The molecule has 1 aliphatic rings. The zero-order chi connectivity index (χ0) is 18.5. The van der Waals surface area contributed by atoms with Gasteiger partial charge in [0.2, 0.25) is 5.91 Å². The van der Waals surface area contributed by atoms with Crippen LogP contribution in [0.4, 0.5) is 0 Å². The van der Waals surface area contributed by atoms with Crippen LogP contribution in [0.1, 0.15) is 22.0 Å². The van der Waals surface area contributed by atoms with Crippen LogP contribution in [0.15, 0.2) is 54.6 Å². The van der Waals surface area contributed by atoms with Crippen molar-refractivity contribution >= 4 is 23.4 Å². The Kier molecular flexibility index (Phi) is 5.91. The van der Waals surface area contributed by atoms with Crippen molar-refractivity contribution in [1.29, 1.82) is 0 Å². The zero-order valence-corrected chi connectivity index (χ0v) is 15.4. The number of hydrogen-bond acceptors (Lipinski definition) is 3. The van der Waals surface area contributed by atoms with E-state index in [2.05, 4.69) is 17.3 Å². The molecule has 1 fully saturated rings. The molecule has 2 amide bonds. The van der Waals surface area contributed by atoms with Gasteiger partial charge in [-0.1, -0.05) is 54.1 Å². The molecule has 1 saturated heterocycles. The molecule has 6 heteroatoms. The maximum atomic E-state index is 12.8. The summed E-state index contributed by atoms with van der Waals surface area (Å²) >= 11 is 6.04. The van der Waals surface area contributed by atoms with E-state index in [0.717, 1.165) is 18.7 Å². The Bertz CT molecular complexity index is 782. The first-order valence-electron chi connectivity index (χ1n) is 8.62. The van der Waals surface area contributed by atoms with E-state index in [-0.39, 0.29) is 24.4 Å². The van der Waals surface area contributed by atoms with Gasteiger partial charge in [-0.15, -0.1) is 0 Å². The average molecular weight is 372 g/mol. The highest BCUT2D eigenvalue weighted by molar-refractivity contribution is 6.33.